The summed E-state index contributed by atoms with van der Waals surface area (Å²) < 4.78 is 0. The molecule has 166 valence electrons. The summed E-state index contributed by atoms with van der Waals surface area (Å²) >= 11 is 0. The van der Waals surface area contributed by atoms with E-state index in [1.54, 1.807) is 0 Å². The minimum Gasteiger partial charge on any atom is -0.480 e. The van der Waals surface area contributed by atoms with Crippen LogP contribution in [0.3, 0.4) is 0 Å². The standard InChI is InChI=1S/C16H30N6O7/c1-8(13(25)22-11(7-23)16(28)29)20-15(27)10(4-2-3-5-17)21-14(26)9(18)6-12(19)24/h8-11,23H,2-7,17-18H2,1H3,(H2,19,24)(H,20,27)(H,21,26)(H,22,25)(H,28,29). The largest absolute Gasteiger partial charge is 0.480 e. The molecule has 0 radical (unpaired) electrons. The Morgan fingerprint density at radius 3 is 2.00 bits per heavy atom. The number of primary amides is 1. The van der Waals surface area contributed by atoms with Crippen molar-refractivity contribution in [3.05, 3.63) is 0 Å². The molecular weight excluding hydrogens is 388 g/mol. The van der Waals surface area contributed by atoms with Gasteiger partial charge in [0.05, 0.1) is 19.1 Å². The molecule has 13 heteroatoms. The van der Waals surface area contributed by atoms with Gasteiger partial charge >= 0.3 is 5.97 Å². The fourth-order valence-electron chi connectivity index (χ4n) is 2.21. The highest BCUT2D eigenvalue weighted by Gasteiger charge is 2.28. The van der Waals surface area contributed by atoms with E-state index >= 15 is 0 Å². The van der Waals surface area contributed by atoms with Gasteiger partial charge in [0.2, 0.25) is 23.6 Å². The van der Waals surface area contributed by atoms with Gasteiger partial charge < -0.3 is 43.4 Å². The molecule has 0 aliphatic heterocycles. The molecule has 0 fully saturated rings. The number of aliphatic hydroxyl groups is 1. The zero-order valence-electron chi connectivity index (χ0n) is 16.2. The number of nitrogens with two attached hydrogens (primary N) is 3. The second-order valence-corrected chi connectivity index (χ2v) is 6.43. The molecule has 4 atom stereocenters. The quantitative estimate of drug-likeness (QED) is 0.128. The number of rotatable bonds is 14. The lowest BCUT2D eigenvalue weighted by molar-refractivity contribution is -0.143. The summed E-state index contributed by atoms with van der Waals surface area (Å²) in [4.78, 5) is 58.3. The maximum atomic E-state index is 12.5. The first kappa shape index (κ1) is 26.2. The van der Waals surface area contributed by atoms with Crippen LogP contribution in [0.15, 0.2) is 0 Å². The van der Waals surface area contributed by atoms with Gasteiger partial charge in [-0.25, -0.2) is 4.79 Å². The Balaban J connectivity index is 5.00. The number of aliphatic hydroxyl groups excluding tert-OH is 1. The van der Waals surface area contributed by atoms with E-state index in [1.165, 1.54) is 6.92 Å². The Morgan fingerprint density at radius 2 is 1.52 bits per heavy atom. The van der Waals surface area contributed by atoms with E-state index in [0.717, 1.165) is 0 Å². The third-order valence-electron chi connectivity index (χ3n) is 3.89. The van der Waals surface area contributed by atoms with Crippen LogP contribution in [0.5, 0.6) is 0 Å². The third-order valence-corrected chi connectivity index (χ3v) is 3.89. The van der Waals surface area contributed by atoms with Crippen LogP contribution < -0.4 is 33.2 Å². The van der Waals surface area contributed by atoms with Gasteiger partial charge in [-0.3, -0.25) is 19.2 Å². The van der Waals surface area contributed by atoms with Crippen LogP contribution in [0.4, 0.5) is 0 Å². The molecule has 0 aliphatic carbocycles. The van der Waals surface area contributed by atoms with Crippen molar-refractivity contribution in [3.63, 3.8) is 0 Å². The van der Waals surface area contributed by atoms with Gasteiger partial charge in [0.1, 0.15) is 18.1 Å². The zero-order valence-corrected chi connectivity index (χ0v) is 16.2. The van der Waals surface area contributed by atoms with Crippen molar-refractivity contribution in [1.29, 1.82) is 0 Å². The first-order valence-electron chi connectivity index (χ1n) is 9.02. The fraction of sp³-hybridized carbons (Fsp3) is 0.688. The van der Waals surface area contributed by atoms with Crippen molar-refractivity contribution in [2.75, 3.05) is 13.2 Å². The number of carboxylic acid groups (broad SMARTS) is 1. The Morgan fingerprint density at radius 1 is 0.931 bits per heavy atom. The van der Waals surface area contributed by atoms with Crippen molar-refractivity contribution in [2.24, 2.45) is 17.2 Å². The van der Waals surface area contributed by atoms with E-state index < -0.39 is 66.8 Å². The number of nitrogens with one attached hydrogen (secondary N) is 3. The minimum atomic E-state index is -1.52. The summed E-state index contributed by atoms with van der Waals surface area (Å²) in [6, 6.07) is -4.96. The molecule has 0 aromatic carbocycles. The predicted octanol–water partition coefficient (Wildman–Crippen LogP) is -4.13. The molecule has 0 bridgehead atoms. The molecule has 11 N–H and O–H groups in total. The van der Waals surface area contributed by atoms with Crippen LogP contribution in [0, 0.1) is 0 Å². The van der Waals surface area contributed by atoms with Crippen molar-refractivity contribution in [2.45, 2.75) is 56.8 Å². The van der Waals surface area contributed by atoms with Crippen LogP contribution in [0.25, 0.3) is 0 Å². The summed E-state index contributed by atoms with van der Waals surface area (Å²) in [5, 5.41) is 24.6. The van der Waals surface area contributed by atoms with Crippen molar-refractivity contribution >= 4 is 29.6 Å². The van der Waals surface area contributed by atoms with Crippen LogP contribution >= 0.6 is 0 Å². The Labute approximate surface area is 167 Å². The van der Waals surface area contributed by atoms with E-state index in [1.807, 2.05) is 0 Å². The van der Waals surface area contributed by atoms with Gasteiger partial charge in [-0.1, -0.05) is 0 Å². The Kier molecular flexibility index (Phi) is 12.1. The topological polar surface area (TPSA) is 240 Å². The average Bonchev–Trinajstić information content (AvgIpc) is 2.63. The Hall–Kier alpha value is -2.77. The van der Waals surface area contributed by atoms with Crippen LogP contribution in [-0.4, -0.2) is 77.1 Å². The number of carbonyl (C=O) groups excluding carboxylic acids is 4. The summed E-state index contributed by atoms with van der Waals surface area (Å²) in [6.45, 7) is 0.860. The maximum absolute atomic E-state index is 12.5. The third kappa shape index (κ3) is 10.4. The van der Waals surface area contributed by atoms with Crippen LogP contribution in [0.1, 0.15) is 32.6 Å². The van der Waals surface area contributed by atoms with Gasteiger partial charge in [0.15, 0.2) is 0 Å². The first-order chi connectivity index (χ1) is 13.5. The fourth-order valence-corrected chi connectivity index (χ4v) is 2.21. The van der Waals surface area contributed by atoms with Gasteiger partial charge in [0, 0.05) is 0 Å². The van der Waals surface area contributed by atoms with Gasteiger partial charge in [-0.05, 0) is 32.7 Å². The number of amides is 4. The van der Waals surface area contributed by atoms with Gasteiger partial charge in [0.25, 0.3) is 0 Å². The second-order valence-electron chi connectivity index (χ2n) is 6.43. The SMILES string of the molecule is CC(NC(=O)C(CCCCN)NC(=O)C(N)CC(N)=O)C(=O)NC(CO)C(=O)O. The average molecular weight is 418 g/mol. The number of unbranched alkanes of at least 4 members (excludes halogenated alkanes) is 1. The van der Waals surface area contributed by atoms with Crippen molar-refractivity contribution in [1.82, 2.24) is 16.0 Å². The maximum Gasteiger partial charge on any atom is 0.328 e. The molecule has 13 nitrogen and oxygen atoms in total. The van der Waals surface area contributed by atoms with Crippen LogP contribution in [-0.2, 0) is 24.0 Å². The molecule has 0 saturated carbocycles. The van der Waals surface area contributed by atoms with E-state index in [0.29, 0.717) is 19.4 Å². The number of hydrogen-bond donors (Lipinski definition) is 8. The molecule has 4 amide bonds. The highest BCUT2D eigenvalue weighted by Crippen LogP contribution is 2.03. The number of hydrogen-bond acceptors (Lipinski definition) is 8. The van der Waals surface area contributed by atoms with Gasteiger partial charge in [-0.15, -0.1) is 0 Å². The van der Waals surface area contributed by atoms with Gasteiger partial charge in [-0.2, -0.15) is 0 Å². The lowest BCUT2D eigenvalue weighted by Crippen LogP contribution is -2.56. The number of aliphatic carboxylic acids is 1. The molecule has 29 heavy (non-hydrogen) atoms. The Bertz CT molecular complexity index is 600. The predicted molar refractivity (Wildman–Crippen MR) is 101 cm³/mol. The molecule has 0 spiro atoms. The molecule has 0 rings (SSSR count). The van der Waals surface area contributed by atoms with Crippen molar-refractivity contribution in [3.8, 4) is 0 Å². The molecule has 0 saturated heterocycles. The zero-order chi connectivity index (χ0) is 22.6. The van der Waals surface area contributed by atoms with E-state index in [9.17, 15) is 24.0 Å². The monoisotopic (exact) mass is 418 g/mol. The molecule has 0 aromatic heterocycles. The molecule has 4 unspecified atom stereocenters. The van der Waals surface area contributed by atoms with E-state index in [-0.39, 0.29) is 6.42 Å². The summed E-state index contributed by atoms with van der Waals surface area (Å²) in [5.74, 6) is -4.52. The summed E-state index contributed by atoms with van der Waals surface area (Å²) in [7, 11) is 0. The number of carboxylic acids is 1. The molecule has 0 aliphatic rings. The summed E-state index contributed by atoms with van der Waals surface area (Å²) in [6.07, 6.45) is 0.867. The smallest absolute Gasteiger partial charge is 0.328 e. The molecule has 0 heterocycles. The molecular formula is C16H30N6O7. The summed E-state index contributed by atoms with van der Waals surface area (Å²) in [5.41, 5.74) is 16.0. The second kappa shape index (κ2) is 13.4. The lowest BCUT2D eigenvalue weighted by atomic mass is 10.1. The molecule has 0 aromatic rings. The number of carbonyl (C=O) groups is 5. The van der Waals surface area contributed by atoms with Crippen molar-refractivity contribution < 1.29 is 34.2 Å². The first-order valence-corrected chi connectivity index (χ1v) is 9.02. The highest BCUT2D eigenvalue weighted by atomic mass is 16.4. The van der Waals surface area contributed by atoms with Crippen LogP contribution in [0.2, 0.25) is 0 Å². The minimum absolute atomic E-state index is 0.195. The highest BCUT2D eigenvalue weighted by molar-refractivity contribution is 5.94. The normalized spacial score (nSPS) is 14.8. The van der Waals surface area contributed by atoms with E-state index in [2.05, 4.69) is 16.0 Å². The van der Waals surface area contributed by atoms with E-state index in [4.69, 9.17) is 27.4 Å². The lowest BCUT2D eigenvalue weighted by Gasteiger charge is -2.23.